The van der Waals surface area contributed by atoms with E-state index in [9.17, 15) is 0 Å². The molecule has 3 nitrogen and oxygen atoms in total. The number of hydrogen-bond donors (Lipinski definition) is 1. The van der Waals surface area contributed by atoms with Crippen molar-refractivity contribution in [2.24, 2.45) is 0 Å². The van der Waals surface area contributed by atoms with Gasteiger partial charge in [0.2, 0.25) is 0 Å². The van der Waals surface area contributed by atoms with Crippen LogP contribution in [0, 0.1) is 6.92 Å². The largest absolute Gasteiger partial charge is 0.399 e. The van der Waals surface area contributed by atoms with Crippen molar-refractivity contribution in [3.05, 3.63) is 54.2 Å². The number of nitrogens with zero attached hydrogens (tertiary/aromatic N) is 2. The van der Waals surface area contributed by atoms with Crippen molar-refractivity contribution in [2.45, 2.75) is 6.92 Å². The van der Waals surface area contributed by atoms with Gasteiger partial charge >= 0.3 is 0 Å². The molecule has 2 aromatic carbocycles. The highest BCUT2D eigenvalue weighted by molar-refractivity contribution is 5.83. The first-order valence-corrected chi connectivity index (χ1v) is 5.54. The van der Waals surface area contributed by atoms with Gasteiger partial charge in [-0.1, -0.05) is 12.1 Å². The van der Waals surface area contributed by atoms with Crippen LogP contribution in [0.25, 0.3) is 16.6 Å². The highest BCUT2D eigenvalue weighted by Crippen LogP contribution is 2.21. The molecule has 2 N–H and O–H groups in total. The Morgan fingerprint density at radius 1 is 1.12 bits per heavy atom. The fourth-order valence-electron chi connectivity index (χ4n) is 2.00. The van der Waals surface area contributed by atoms with Crippen LogP contribution in [0.4, 0.5) is 5.69 Å². The lowest BCUT2D eigenvalue weighted by atomic mass is 10.2. The van der Waals surface area contributed by atoms with Crippen LogP contribution >= 0.6 is 0 Å². The number of aryl methyl sites for hydroxylation is 1. The molecule has 0 unspecified atom stereocenters. The van der Waals surface area contributed by atoms with E-state index >= 15 is 0 Å². The molecule has 1 aromatic heterocycles. The highest BCUT2D eigenvalue weighted by Gasteiger charge is 2.04. The van der Waals surface area contributed by atoms with E-state index in [1.165, 1.54) is 5.56 Å². The molecule has 0 saturated heterocycles. The second-order valence-electron chi connectivity index (χ2n) is 4.21. The first-order chi connectivity index (χ1) is 8.24. The first kappa shape index (κ1) is 9.90. The van der Waals surface area contributed by atoms with Gasteiger partial charge in [-0.15, -0.1) is 0 Å². The van der Waals surface area contributed by atoms with Crippen LogP contribution in [0.15, 0.2) is 48.7 Å². The van der Waals surface area contributed by atoms with Crippen molar-refractivity contribution in [3.63, 3.8) is 0 Å². The van der Waals surface area contributed by atoms with Crippen LogP contribution in [-0.2, 0) is 0 Å². The predicted molar refractivity (Wildman–Crippen MR) is 70.2 cm³/mol. The van der Waals surface area contributed by atoms with Gasteiger partial charge in [0.1, 0.15) is 0 Å². The lowest BCUT2D eigenvalue weighted by Gasteiger charge is -2.04. The molecule has 3 heteroatoms. The maximum Gasteiger partial charge on any atom is 0.0761 e. The summed E-state index contributed by atoms with van der Waals surface area (Å²) in [6.07, 6.45) is 1.86. The lowest BCUT2D eigenvalue weighted by molar-refractivity contribution is 0.909. The smallest absolute Gasteiger partial charge is 0.0761 e. The van der Waals surface area contributed by atoms with Gasteiger partial charge in [0.05, 0.1) is 17.4 Å². The van der Waals surface area contributed by atoms with Gasteiger partial charge in [0, 0.05) is 11.1 Å². The van der Waals surface area contributed by atoms with Crippen LogP contribution in [0.1, 0.15) is 5.56 Å². The summed E-state index contributed by atoms with van der Waals surface area (Å²) >= 11 is 0. The third-order valence-corrected chi connectivity index (χ3v) is 2.84. The molecule has 0 radical (unpaired) electrons. The van der Waals surface area contributed by atoms with Crippen molar-refractivity contribution in [3.8, 4) is 5.69 Å². The van der Waals surface area contributed by atoms with E-state index < -0.39 is 0 Å². The molecular weight excluding hydrogens is 210 g/mol. The Labute approximate surface area is 99.5 Å². The van der Waals surface area contributed by atoms with Gasteiger partial charge in [0.15, 0.2) is 0 Å². The zero-order valence-corrected chi connectivity index (χ0v) is 9.59. The molecule has 0 aliphatic heterocycles. The van der Waals surface area contributed by atoms with Crippen LogP contribution in [0.2, 0.25) is 0 Å². The Balaban J connectivity index is 2.27. The molecular formula is C14H13N3. The summed E-state index contributed by atoms with van der Waals surface area (Å²) in [5, 5.41) is 5.51. The Kier molecular flexibility index (Phi) is 2.11. The Morgan fingerprint density at radius 3 is 2.82 bits per heavy atom. The second kappa shape index (κ2) is 3.63. The molecule has 0 saturated carbocycles. The number of hydrogen-bond acceptors (Lipinski definition) is 2. The zero-order chi connectivity index (χ0) is 11.8. The highest BCUT2D eigenvalue weighted by atomic mass is 15.3. The quantitative estimate of drug-likeness (QED) is 0.644. The van der Waals surface area contributed by atoms with Gasteiger partial charge in [-0.2, -0.15) is 5.10 Å². The third-order valence-electron chi connectivity index (χ3n) is 2.84. The van der Waals surface area contributed by atoms with E-state index in [0.29, 0.717) is 0 Å². The average Bonchev–Trinajstić information content (AvgIpc) is 2.71. The fourth-order valence-corrected chi connectivity index (χ4v) is 2.00. The number of rotatable bonds is 1. The molecule has 0 fully saturated rings. The van der Waals surface area contributed by atoms with E-state index in [0.717, 1.165) is 22.3 Å². The molecule has 0 atom stereocenters. The summed E-state index contributed by atoms with van der Waals surface area (Å²) in [7, 11) is 0. The molecule has 0 bridgehead atoms. The molecule has 0 aliphatic rings. The lowest BCUT2D eigenvalue weighted by Crippen LogP contribution is -1.96. The van der Waals surface area contributed by atoms with Gasteiger partial charge in [-0.25, -0.2) is 4.68 Å². The average molecular weight is 223 g/mol. The molecule has 0 spiro atoms. The van der Waals surface area contributed by atoms with Crippen molar-refractivity contribution in [1.29, 1.82) is 0 Å². The van der Waals surface area contributed by atoms with Crippen molar-refractivity contribution in [1.82, 2.24) is 9.78 Å². The summed E-state index contributed by atoms with van der Waals surface area (Å²) in [6, 6.07) is 14.1. The van der Waals surface area contributed by atoms with E-state index in [4.69, 9.17) is 5.73 Å². The minimum absolute atomic E-state index is 0.756. The Morgan fingerprint density at radius 2 is 2.00 bits per heavy atom. The molecule has 0 amide bonds. The summed E-state index contributed by atoms with van der Waals surface area (Å²) in [4.78, 5) is 0. The van der Waals surface area contributed by atoms with Crippen LogP contribution in [0.3, 0.4) is 0 Å². The van der Waals surface area contributed by atoms with Gasteiger partial charge in [0.25, 0.3) is 0 Å². The third kappa shape index (κ3) is 1.65. The molecule has 1 heterocycles. The van der Waals surface area contributed by atoms with Crippen molar-refractivity contribution in [2.75, 3.05) is 5.73 Å². The molecule has 3 aromatic rings. The van der Waals surface area contributed by atoms with Gasteiger partial charge in [-0.05, 0) is 42.8 Å². The first-order valence-electron chi connectivity index (χ1n) is 5.54. The summed E-state index contributed by atoms with van der Waals surface area (Å²) < 4.78 is 1.92. The number of nitrogen functional groups attached to an aromatic ring is 1. The number of benzene rings is 2. The molecule has 84 valence electrons. The summed E-state index contributed by atoms with van der Waals surface area (Å²) in [5.74, 6) is 0. The van der Waals surface area contributed by atoms with Crippen molar-refractivity contribution < 1.29 is 0 Å². The second-order valence-corrected chi connectivity index (χ2v) is 4.21. The van der Waals surface area contributed by atoms with E-state index in [2.05, 4.69) is 24.2 Å². The van der Waals surface area contributed by atoms with E-state index in [1.807, 2.05) is 41.2 Å². The Bertz CT molecular complexity index is 683. The maximum absolute atomic E-state index is 5.82. The normalized spacial score (nSPS) is 10.9. The standard InChI is InChI=1S/C14H13N3/c1-10-3-2-4-13(7-10)17-14-8-12(15)6-5-11(14)9-16-17/h2-9H,15H2,1H3. The fraction of sp³-hybridized carbons (Fsp3) is 0.0714. The molecule has 0 aliphatic carbocycles. The maximum atomic E-state index is 5.82. The molecule has 3 rings (SSSR count). The topological polar surface area (TPSA) is 43.8 Å². The number of aromatic nitrogens is 2. The summed E-state index contributed by atoms with van der Waals surface area (Å²) in [5.41, 5.74) is 9.89. The number of nitrogens with two attached hydrogens (primary N) is 1. The number of fused-ring (bicyclic) bond motifs is 1. The van der Waals surface area contributed by atoms with Crippen molar-refractivity contribution >= 4 is 16.6 Å². The van der Waals surface area contributed by atoms with Crippen LogP contribution in [-0.4, -0.2) is 9.78 Å². The summed E-state index contributed by atoms with van der Waals surface area (Å²) in [6.45, 7) is 2.07. The minimum Gasteiger partial charge on any atom is -0.399 e. The zero-order valence-electron chi connectivity index (χ0n) is 9.59. The van der Waals surface area contributed by atoms with E-state index in [-0.39, 0.29) is 0 Å². The van der Waals surface area contributed by atoms with Crippen LogP contribution < -0.4 is 5.73 Å². The van der Waals surface area contributed by atoms with Crippen LogP contribution in [0.5, 0.6) is 0 Å². The molecule has 17 heavy (non-hydrogen) atoms. The van der Waals surface area contributed by atoms with Gasteiger partial charge in [-0.3, -0.25) is 0 Å². The predicted octanol–water partition coefficient (Wildman–Crippen LogP) is 2.92. The number of anilines is 1. The minimum atomic E-state index is 0.756. The van der Waals surface area contributed by atoms with E-state index in [1.54, 1.807) is 0 Å². The Hall–Kier alpha value is -2.29. The SMILES string of the molecule is Cc1cccc(-n2ncc3ccc(N)cc32)c1. The van der Waals surface area contributed by atoms with Gasteiger partial charge < -0.3 is 5.73 Å². The monoisotopic (exact) mass is 223 g/mol.